The normalized spacial score (nSPS) is 11.3. The SMILES string of the molecule is CCOC(=O)c1ncsc1NCC(C)(C)CC. The molecular formula is C12H20N2O2S. The van der Waals surface area contributed by atoms with Crippen LogP contribution in [0.25, 0.3) is 0 Å². The molecule has 4 nitrogen and oxygen atoms in total. The van der Waals surface area contributed by atoms with Crippen LogP contribution in [0.3, 0.4) is 0 Å². The molecule has 0 saturated heterocycles. The lowest BCUT2D eigenvalue weighted by Gasteiger charge is -2.23. The fourth-order valence-corrected chi connectivity index (χ4v) is 1.83. The molecular weight excluding hydrogens is 236 g/mol. The Morgan fingerprint density at radius 2 is 2.24 bits per heavy atom. The van der Waals surface area contributed by atoms with Gasteiger partial charge in [-0.1, -0.05) is 20.8 Å². The zero-order valence-electron chi connectivity index (χ0n) is 10.9. The molecule has 0 atom stereocenters. The van der Waals surface area contributed by atoms with Crippen LogP contribution < -0.4 is 5.32 Å². The molecule has 96 valence electrons. The van der Waals surface area contributed by atoms with Crippen LogP contribution in [0.1, 0.15) is 44.6 Å². The highest BCUT2D eigenvalue weighted by Crippen LogP contribution is 2.25. The summed E-state index contributed by atoms with van der Waals surface area (Å²) in [5, 5.41) is 4.08. The molecule has 0 spiro atoms. The van der Waals surface area contributed by atoms with Gasteiger partial charge < -0.3 is 10.1 Å². The van der Waals surface area contributed by atoms with Crippen molar-refractivity contribution in [1.82, 2.24) is 4.98 Å². The third-order valence-electron chi connectivity index (χ3n) is 2.72. The number of hydrogen-bond donors (Lipinski definition) is 1. The highest BCUT2D eigenvalue weighted by molar-refractivity contribution is 7.14. The van der Waals surface area contributed by atoms with Crippen LogP contribution in [-0.2, 0) is 4.74 Å². The molecule has 0 radical (unpaired) electrons. The maximum atomic E-state index is 11.6. The van der Waals surface area contributed by atoms with E-state index < -0.39 is 0 Å². The number of rotatable bonds is 6. The largest absolute Gasteiger partial charge is 0.461 e. The van der Waals surface area contributed by atoms with Gasteiger partial charge in [-0.15, -0.1) is 11.3 Å². The minimum atomic E-state index is -0.356. The van der Waals surface area contributed by atoms with Crippen molar-refractivity contribution in [2.75, 3.05) is 18.5 Å². The summed E-state index contributed by atoms with van der Waals surface area (Å²) < 4.78 is 4.95. The smallest absolute Gasteiger partial charge is 0.360 e. The van der Waals surface area contributed by atoms with Crippen LogP contribution in [0.15, 0.2) is 5.51 Å². The second-order valence-electron chi connectivity index (χ2n) is 4.62. The van der Waals surface area contributed by atoms with Gasteiger partial charge in [0.25, 0.3) is 0 Å². The average Bonchev–Trinajstić information content (AvgIpc) is 2.75. The van der Waals surface area contributed by atoms with Crippen molar-refractivity contribution in [2.45, 2.75) is 34.1 Å². The number of thiazole rings is 1. The second-order valence-corrected chi connectivity index (χ2v) is 5.48. The van der Waals surface area contributed by atoms with Gasteiger partial charge in [0.15, 0.2) is 5.69 Å². The summed E-state index contributed by atoms with van der Waals surface area (Å²) in [6.45, 7) is 9.50. The molecule has 0 aliphatic rings. The molecule has 0 unspecified atom stereocenters. The van der Waals surface area contributed by atoms with E-state index in [1.54, 1.807) is 12.4 Å². The van der Waals surface area contributed by atoms with Gasteiger partial charge in [-0.2, -0.15) is 0 Å². The van der Waals surface area contributed by atoms with Gasteiger partial charge in [-0.25, -0.2) is 9.78 Å². The van der Waals surface area contributed by atoms with Gasteiger partial charge in [0.2, 0.25) is 0 Å². The van der Waals surface area contributed by atoms with Crippen LogP contribution in [0.5, 0.6) is 0 Å². The number of hydrogen-bond acceptors (Lipinski definition) is 5. The molecule has 17 heavy (non-hydrogen) atoms. The Kier molecular flexibility index (Phi) is 4.93. The van der Waals surface area contributed by atoms with Crippen molar-refractivity contribution in [3.05, 3.63) is 11.2 Å². The number of nitrogens with one attached hydrogen (secondary N) is 1. The van der Waals surface area contributed by atoms with E-state index in [1.165, 1.54) is 11.3 Å². The maximum Gasteiger partial charge on any atom is 0.360 e. The molecule has 0 saturated carbocycles. The van der Waals surface area contributed by atoms with Gasteiger partial charge >= 0.3 is 5.97 Å². The van der Waals surface area contributed by atoms with Gasteiger partial charge in [-0.05, 0) is 18.8 Å². The highest BCUT2D eigenvalue weighted by Gasteiger charge is 2.19. The molecule has 1 aromatic rings. The van der Waals surface area contributed by atoms with Crippen molar-refractivity contribution < 1.29 is 9.53 Å². The number of ether oxygens (including phenoxy) is 1. The molecule has 5 heteroatoms. The van der Waals surface area contributed by atoms with Gasteiger partial charge in [0.1, 0.15) is 5.00 Å². The number of carbonyl (C=O) groups excluding carboxylic acids is 1. The minimum absolute atomic E-state index is 0.204. The Bertz CT molecular complexity index is 374. The Labute approximate surface area is 106 Å². The van der Waals surface area contributed by atoms with Gasteiger partial charge in [0, 0.05) is 6.54 Å². The molecule has 0 aliphatic carbocycles. The molecule has 1 N–H and O–H groups in total. The summed E-state index contributed by atoms with van der Waals surface area (Å²) in [4.78, 5) is 15.6. The van der Waals surface area contributed by atoms with E-state index in [0.29, 0.717) is 12.3 Å². The Morgan fingerprint density at radius 1 is 1.53 bits per heavy atom. The molecule has 0 fully saturated rings. The first-order valence-electron chi connectivity index (χ1n) is 5.84. The standard InChI is InChI=1S/C12H20N2O2S/c1-5-12(3,4)7-13-10-9(14-8-17-10)11(15)16-6-2/h8,13H,5-7H2,1-4H3. The van der Waals surface area contributed by atoms with E-state index >= 15 is 0 Å². The Balaban J connectivity index is 2.66. The molecule has 0 bridgehead atoms. The van der Waals surface area contributed by atoms with Crippen LogP contribution in [0, 0.1) is 5.41 Å². The fourth-order valence-electron chi connectivity index (χ4n) is 1.16. The van der Waals surface area contributed by atoms with E-state index in [9.17, 15) is 4.79 Å². The number of carbonyl (C=O) groups is 1. The lowest BCUT2D eigenvalue weighted by Crippen LogP contribution is -2.22. The third kappa shape index (κ3) is 4.00. The first-order valence-corrected chi connectivity index (χ1v) is 6.72. The van der Waals surface area contributed by atoms with Gasteiger partial charge in [-0.3, -0.25) is 0 Å². The van der Waals surface area contributed by atoms with Crippen molar-refractivity contribution in [1.29, 1.82) is 0 Å². The molecule has 1 rings (SSSR count). The summed E-state index contributed by atoms with van der Waals surface area (Å²) in [7, 11) is 0. The number of aromatic nitrogens is 1. The van der Waals surface area contributed by atoms with Crippen molar-refractivity contribution >= 4 is 22.3 Å². The Hall–Kier alpha value is -1.10. The van der Waals surface area contributed by atoms with Crippen LogP contribution in [0.2, 0.25) is 0 Å². The van der Waals surface area contributed by atoms with Gasteiger partial charge in [0.05, 0.1) is 12.1 Å². The van der Waals surface area contributed by atoms with Crippen molar-refractivity contribution in [3.8, 4) is 0 Å². The summed E-state index contributed by atoms with van der Waals surface area (Å²) in [6, 6.07) is 0. The predicted octanol–water partition coefficient (Wildman–Crippen LogP) is 3.17. The fraction of sp³-hybridized carbons (Fsp3) is 0.667. The number of anilines is 1. The van der Waals surface area contributed by atoms with Crippen LogP contribution in [-0.4, -0.2) is 24.1 Å². The third-order valence-corrected chi connectivity index (χ3v) is 3.51. The quantitative estimate of drug-likeness (QED) is 0.794. The second kappa shape index (κ2) is 6.00. The maximum absolute atomic E-state index is 11.6. The summed E-state index contributed by atoms with van der Waals surface area (Å²) in [6.07, 6.45) is 1.08. The van der Waals surface area contributed by atoms with Crippen molar-refractivity contribution in [2.24, 2.45) is 5.41 Å². The highest BCUT2D eigenvalue weighted by atomic mass is 32.1. The molecule has 1 aromatic heterocycles. The Morgan fingerprint density at radius 3 is 2.82 bits per heavy atom. The van der Waals surface area contributed by atoms with Crippen LogP contribution >= 0.6 is 11.3 Å². The topological polar surface area (TPSA) is 51.2 Å². The first-order chi connectivity index (χ1) is 8.00. The minimum Gasteiger partial charge on any atom is -0.461 e. The van der Waals surface area contributed by atoms with E-state index in [1.807, 2.05) is 0 Å². The molecule has 0 amide bonds. The van der Waals surface area contributed by atoms with E-state index in [4.69, 9.17) is 4.74 Å². The monoisotopic (exact) mass is 256 g/mol. The van der Waals surface area contributed by atoms with Crippen molar-refractivity contribution in [3.63, 3.8) is 0 Å². The first kappa shape index (κ1) is 14.0. The molecule has 1 heterocycles. The van der Waals surface area contributed by atoms with E-state index in [0.717, 1.165) is 18.0 Å². The summed E-state index contributed by atoms with van der Waals surface area (Å²) in [5.41, 5.74) is 2.26. The van der Waals surface area contributed by atoms with E-state index in [2.05, 4.69) is 31.1 Å². The summed E-state index contributed by atoms with van der Waals surface area (Å²) >= 11 is 1.43. The zero-order chi connectivity index (χ0) is 12.9. The van der Waals surface area contributed by atoms with E-state index in [-0.39, 0.29) is 11.4 Å². The average molecular weight is 256 g/mol. The lowest BCUT2D eigenvalue weighted by molar-refractivity contribution is 0.0521. The number of nitrogens with zero attached hydrogens (tertiary/aromatic N) is 1. The predicted molar refractivity (Wildman–Crippen MR) is 70.6 cm³/mol. The summed E-state index contributed by atoms with van der Waals surface area (Å²) in [5.74, 6) is -0.356. The van der Waals surface area contributed by atoms with Crippen LogP contribution in [0.4, 0.5) is 5.00 Å². The lowest BCUT2D eigenvalue weighted by atomic mass is 9.90. The number of esters is 1. The molecule has 0 aliphatic heterocycles. The molecule has 0 aromatic carbocycles. The zero-order valence-corrected chi connectivity index (χ0v) is 11.7.